The number of aliphatic hydroxyl groups excluding tert-OH is 2. The van der Waals surface area contributed by atoms with Gasteiger partial charge in [-0.05, 0) is 44.5 Å². The number of carbonyl (C=O) groups excluding carboxylic acids is 4. The first kappa shape index (κ1) is 34.2. The summed E-state index contributed by atoms with van der Waals surface area (Å²) in [7, 11) is 0. The molecule has 1 heterocycles. The highest BCUT2D eigenvalue weighted by Gasteiger charge is 2.87. The van der Waals surface area contributed by atoms with Crippen LogP contribution in [0.25, 0.3) is 6.08 Å². The van der Waals surface area contributed by atoms with Gasteiger partial charge in [0.25, 0.3) is 0 Å². The minimum Gasteiger partial charge on any atom is -0.465 e. The van der Waals surface area contributed by atoms with E-state index < -0.39 is 95.6 Å². The number of benzene rings is 2. The van der Waals surface area contributed by atoms with Gasteiger partial charge in [-0.25, -0.2) is 9.59 Å². The molecule has 1 aliphatic heterocycles. The molecule has 0 radical (unpaired) electrons. The molecule has 0 aromatic heterocycles. The maximum atomic E-state index is 13.7. The highest BCUT2D eigenvalue weighted by Crippen LogP contribution is 2.68. The maximum Gasteiger partial charge on any atom is 0.338 e. The summed E-state index contributed by atoms with van der Waals surface area (Å²) >= 11 is 0. The monoisotopic (exact) mass is 652 g/mol. The lowest BCUT2D eigenvalue weighted by atomic mass is 9.46. The molecule has 3 N–H and O–H groups in total. The fourth-order valence-electron chi connectivity index (χ4n) is 7.95. The molecule has 12 heteroatoms. The van der Waals surface area contributed by atoms with Gasteiger partial charge < -0.3 is 39.0 Å². The number of aliphatic hydroxyl groups is 3. The molecule has 3 fully saturated rings. The lowest BCUT2D eigenvalue weighted by Crippen LogP contribution is -2.85. The van der Waals surface area contributed by atoms with Crippen LogP contribution < -0.4 is 0 Å². The SMILES string of the molecule is CC(=O)OC[C@@]12[C@H](OC(=O)c3ccccc3)[C@H](O)[C@H]3[C@@H](O)[C@]1(OC3(C)C)[C@@](C)(O)C[C@H](OC(C)=O)[C@@H]2OC(=O)C=Cc1ccccc1. The van der Waals surface area contributed by atoms with E-state index in [1.165, 1.54) is 25.1 Å². The molecule has 5 rings (SSSR count). The van der Waals surface area contributed by atoms with Crippen molar-refractivity contribution in [2.45, 2.75) is 88.4 Å². The van der Waals surface area contributed by atoms with E-state index in [2.05, 4.69) is 0 Å². The van der Waals surface area contributed by atoms with Crippen LogP contribution in [0, 0.1) is 11.3 Å². The van der Waals surface area contributed by atoms with Crippen molar-refractivity contribution in [3.05, 3.63) is 77.9 Å². The predicted molar refractivity (Wildman–Crippen MR) is 164 cm³/mol. The Morgan fingerprint density at radius 3 is 2.09 bits per heavy atom. The van der Waals surface area contributed by atoms with Crippen molar-refractivity contribution >= 4 is 30.0 Å². The van der Waals surface area contributed by atoms with Gasteiger partial charge in [0.05, 0.1) is 22.9 Å². The molecule has 1 saturated heterocycles. The molecule has 2 aromatic rings. The van der Waals surface area contributed by atoms with E-state index in [-0.39, 0.29) is 5.56 Å². The highest BCUT2D eigenvalue weighted by molar-refractivity contribution is 5.89. The Morgan fingerprint density at radius 1 is 0.872 bits per heavy atom. The normalized spacial score (nSPS) is 35.4. The fraction of sp³-hybridized carbons (Fsp3) is 0.486. The third kappa shape index (κ3) is 5.73. The summed E-state index contributed by atoms with van der Waals surface area (Å²) in [6.07, 6.45) is -6.09. The zero-order valence-electron chi connectivity index (χ0n) is 26.8. The van der Waals surface area contributed by atoms with Crippen LogP contribution >= 0.6 is 0 Å². The quantitative estimate of drug-likeness (QED) is 0.216. The third-order valence-electron chi connectivity index (χ3n) is 9.63. The van der Waals surface area contributed by atoms with E-state index in [0.717, 1.165) is 19.9 Å². The van der Waals surface area contributed by atoms with Gasteiger partial charge in [0.1, 0.15) is 35.9 Å². The summed E-state index contributed by atoms with van der Waals surface area (Å²) in [4.78, 5) is 52.2. The Labute approximate surface area is 272 Å². The molecule has 2 aliphatic carbocycles. The summed E-state index contributed by atoms with van der Waals surface area (Å²) < 4.78 is 30.0. The fourth-order valence-corrected chi connectivity index (χ4v) is 7.95. The standard InChI is InChI=1S/C35H40O12/c1-20(36)43-19-34-29(45-25(38)17-16-22-12-8-6-9-13-22)24(44-21(2)37)18-33(5,42)35(34)28(40)26(32(3,4)47-35)27(39)30(34)46-31(41)23-14-10-7-11-15-23/h6-17,24,26-30,39-40,42H,18-19H2,1-5H3/t24-,26-,27+,28+,29-,30+,33-,34+,35-/m0/s1. The van der Waals surface area contributed by atoms with Crippen LogP contribution in [0.15, 0.2) is 66.7 Å². The molecular weight excluding hydrogens is 612 g/mol. The number of hydrogen-bond acceptors (Lipinski definition) is 12. The van der Waals surface area contributed by atoms with Crippen molar-refractivity contribution in [1.82, 2.24) is 0 Å². The Kier molecular flexibility index (Phi) is 9.10. The van der Waals surface area contributed by atoms with Crippen molar-refractivity contribution < 1.29 is 58.2 Å². The Hall–Kier alpha value is -4.10. The van der Waals surface area contributed by atoms with Crippen LogP contribution in [-0.2, 0) is 38.1 Å². The zero-order valence-corrected chi connectivity index (χ0v) is 26.8. The van der Waals surface area contributed by atoms with Crippen molar-refractivity contribution in [3.8, 4) is 0 Å². The van der Waals surface area contributed by atoms with E-state index in [1.807, 2.05) is 0 Å². The average Bonchev–Trinajstić information content (AvgIpc) is 3.19. The molecule has 2 saturated carbocycles. The Morgan fingerprint density at radius 2 is 1.49 bits per heavy atom. The zero-order chi connectivity index (χ0) is 34.4. The summed E-state index contributed by atoms with van der Waals surface area (Å²) in [5.74, 6) is -4.59. The van der Waals surface area contributed by atoms with Crippen LogP contribution in [0.1, 0.15) is 57.0 Å². The molecule has 12 nitrogen and oxygen atoms in total. The predicted octanol–water partition coefficient (Wildman–Crippen LogP) is 2.37. The van der Waals surface area contributed by atoms with Crippen LogP contribution in [0.5, 0.6) is 0 Å². The van der Waals surface area contributed by atoms with Gasteiger partial charge in [-0.2, -0.15) is 0 Å². The molecule has 1 spiro atoms. The molecule has 3 aliphatic rings. The number of hydrogen-bond donors (Lipinski definition) is 3. The third-order valence-corrected chi connectivity index (χ3v) is 9.63. The van der Waals surface area contributed by atoms with Gasteiger partial charge in [-0.1, -0.05) is 48.5 Å². The summed E-state index contributed by atoms with van der Waals surface area (Å²) in [6.45, 7) is 5.97. The molecule has 0 unspecified atom stereocenters. The highest BCUT2D eigenvalue weighted by atomic mass is 16.6. The van der Waals surface area contributed by atoms with Crippen LogP contribution in [-0.4, -0.2) is 93.1 Å². The number of rotatable bonds is 8. The van der Waals surface area contributed by atoms with Crippen molar-refractivity contribution in [3.63, 3.8) is 0 Å². The Bertz CT molecular complexity index is 1540. The van der Waals surface area contributed by atoms with E-state index in [1.54, 1.807) is 62.4 Å². The second kappa shape index (κ2) is 12.5. The number of esters is 4. The average molecular weight is 653 g/mol. The smallest absolute Gasteiger partial charge is 0.338 e. The minimum atomic E-state index is -2.25. The van der Waals surface area contributed by atoms with Crippen LogP contribution in [0.4, 0.5) is 0 Å². The minimum absolute atomic E-state index is 0.105. The number of ether oxygens (including phenoxy) is 5. The van der Waals surface area contributed by atoms with E-state index in [4.69, 9.17) is 23.7 Å². The van der Waals surface area contributed by atoms with Gasteiger partial charge in [0.2, 0.25) is 0 Å². The lowest BCUT2D eigenvalue weighted by Gasteiger charge is -2.66. The molecule has 0 amide bonds. The first-order valence-corrected chi connectivity index (χ1v) is 15.4. The first-order chi connectivity index (χ1) is 22.1. The van der Waals surface area contributed by atoms with Crippen molar-refractivity contribution in [2.75, 3.05) is 6.61 Å². The van der Waals surface area contributed by atoms with Gasteiger partial charge >= 0.3 is 23.9 Å². The van der Waals surface area contributed by atoms with Crippen LogP contribution in [0.2, 0.25) is 0 Å². The molecular formula is C35H40O12. The first-order valence-electron chi connectivity index (χ1n) is 15.4. The lowest BCUT2D eigenvalue weighted by molar-refractivity contribution is -0.362. The number of fused-ring (bicyclic) bond motifs is 1. The Balaban J connectivity index is 1.75. The maximum absolute atomic E-state index is 13.7. The van der Waals surface area contributed by atoms with Gasteiger partial charge in [-0.3, -0.25) is 9.59 Å². The number of carbonyl (C=O) groups is 4. The molecule has 252 valence electrons. The van der Waals surface area contributed by atoms with Gasteiger partial charge in [0, 0.05) is 32.3 Å². The second-order valence-corrected chi connectivity index (χ2v) is 13.1. The van der Waals surface area contributed by atoms with Gasteiger partial charge in [-0.15, -0.1) is 0 Å². The van der Waals surface area contributed by atoms with Gasteiger partial charge in [0.15, 0.2) is 6.10 Å². The van der Waals surface area contributed by atoms with E-state index in [0.29, 0.717) is 5.56 Å². The second-order valence-electron chi connectivity index (χ2n) is 13.1. The largest absolute Gasteiger partial charge is 0.465 e. The summed E-state index contributed by atoms with van der Waals surface area (Å²) in [5, 5.41) is 36.5. The van der Waals surface area contributed by atoms with E-state index in [9.17, 15) is 34.5 Å². The van der Waals surface area contributed by atoms with Crippen LogP contribution in [0.3, 0.4) is 0 Å². The van der Waals surface area contributed by atoms with Crippen molar-refractivity contribution in [2.24, 2.45) is 11.3 Å². The van der Waals surface area contributed by atoms with E-state index >= 15 is 0 Å². The molecule has 2 bridgehead atoms. The topological polar surface area (TPSA) is 175 Å². The molecule has 47 heavy (non-hydrogen) atoms. The molecule has 9 atom stereocenters. The molecule has 2 aromatic carbocycles. The summed E-state index contributed by atoms with van der Waals surface area (Å²) in [5.41, 5.74) is -7.17. The summed E-state index contributed by atoms with van der Waals surface area (Å²) in [6, 6.07) is 16.7. The van der Waals surface area contributed by atoms with Crippen molar-refractivity contribution in [1.29, 1.82) is 0 Å².